The summed E-state index contributed by atoms with van der Waals surface area (Å²) in [5.41, 5.74) is 19.1. The number of hydrogen-bond donors (Lipinski definition) is 0. The lowest BCUT2D eigenvalue weighted by molar-refractivity contribution is 0.670. The van der Waals surface area contributed by atoms with E-state index in [2.05, 4.69) is 278 Å². The largest absolute Gasteiger partial charge is 0.455 e. The summed E-state index contributed by atoms with van der Waals surface area (Å²) in [4.78, 5) is 2.44. The van der Waals surface area contributed by atoms with Crippen molar-refractivity contribution in [1.82, 2.24) is 0 Å². The van der Waals surface area contributed by atoms with Gasteiger partial charge >= 0.3 is 0 Å². The van der Waals surface area contributed by atoms with Crippen molar-refractivity contribution in [3.05, 3.63) is 295 Å². The van der Waals surface area contributed by atoms with Gasteiger partial charge in [-0.15, -0.1) is 0 Å². The highest BCUT2D eigenvalue weighted by atomic mass is 16.3. The van der Waals surface area contributed by atoms with E-state index < -0.39 is 5.41 Å². The minimum atomic E-state index is -0.524. The lowest BCUT2D eigenvalue weighted by Crippen LogP contribution is -2.28. The molecule has 71 heavy (non-hydrogen) atoms. The van der Waals surface area contributed by atoms with E-state index in [-0.39, 0.29) is 0 Å². The third-order valence-corrected chi connectivity index (χ3v) is 14.9. The summed E-state index contributed by atoms with van der Waals surface area (Å²) in [5.74, 6) is 0. The van der Waals surface area contributed by atoms with Gasteiger partial charge in [0, 0.05) is 33.4 Å². The Labute approximate surface area is 413 Å². The van der Waals surface area contributed by atoms with E-state index in [4.69, 9.17) is 4.42 Å². The summed E-state index contributed by atoms with van der Waals surface area (Å²) in [6.07, 6.45) is 0. The summed E-state index contributed by atoms with van der Waals surface area (Å²) in [6.45, 7) is 0. The van der Waals surface area contributed by atoms with Crippen molar-refractivity contribution in [2.75, 3.05) is 4.90 Å². The molecule has 0 saturated carbocycles. The second kappa shape index (κ2) is 16.5. The fourth-order valence-electron chi connectivity index (χ4n) is 11.7. The van der Waals surface area contributed by atoms with Gasteiger partial charge in [-0.2, -0.15) is 0 Å². The maximum absolute atomic E-state index is 6.55. The molecule has 14 rings (SSSR count). The number of fused-ring (bicyclic) bond motifs is 8. The Morgan fingerprint density at radius 3 is 1.63 bits per heavy atom. The quantitative estimate of drug-likeness (QED) is 0.151. The molecule has 0 fully saturated rings. The number of hydrogen-bond acceptors (Lipinski definition) is 2. The summed E-state index contributed by atoms with van der Waals surface area (Å²) in [7, 11) is 0. The molecule has 0 saturated heterocycles. The first kappa shape index (κ1) is 40.8. The third-order valence-electron chi connectivity index (χ3n) is 14.9. The molecule has 2 heteroatoms. The van der Waals surface area contributed by atoms with Gasteiger partial charge in [0.25, 0.3) is 0 Å². The Morgan fingerprint density at radius 1 is 0.282 bits per heavy atom. The first-order chi connectivity index (χ1) is 35.2. The van der Waals surface area contributed by atoms with Crippen molar-refractivity contribution in [2.24, 2.45) is 0 Å². The van der Waals surface area contributed by atoms with Crippen LogP contribution in [0.25, 0.3) is 88.0 Å². The molecule has 2 nitrogen and oxygen atoms in total. The molecule has 0 N–H and O–H groups in total. The molecule has 1 aromatic heterocycles. The van der Waals surface area contributed by atoms with Gasteiger partial charge in [0.15, 0.2) is 0 Å². The van der Waals surface area contributed by atoms with Crippen molar-refractivity contribution >= 4 is 60.5 Å². The molecule has 1 aliphatic carbocycles. The number of anilines is 3. The van der Waals surface area contributed by atoms with E-state index in [0.717, 1.165) is 61.3 Å². The summed E-state index contributed by atoms with van der Waals surface area (Å²) >= 11 is 0. The Balaban J connectivity index is 0.912. The van der Waals surface area contributed by atoms with Crippen LogP contribution in [0, 0.1) is 0 Å². The van der Waals surface area contributed by atoms with Crippen LogP contribution < -0.4 is 4.90 Å². The molecule has 1 aliphatic rings. The highest BCUT2D eigenvalue weighted by Crippen LogP contribution is 2.57. The zero-order valence-corrected chi connectivity index (χ0v) is 38.8. The molecule has 0 unspecified atom stereocenters. The topological polar surface area (TPSA) is 16.4 Å². The van der Waals surface area contributed by atoms with Gasteiger partial charge in [-0.05, 0) is 137 Å². The second-order valence-corrected chi connectivity index (χ2v) is 18.8. The minimum absolute atomic E-state index is 0.524. The lowest BCUT2D eigenvalue weighted by atomic mass is 9.67. The maximum atomic E-state index is 6.55. The summed E-state index contributed by atoms with van der Waals surface area (Å²) < 4.78 is 6.55. The first-order valence-electron chi connectivity index (χ1n) is 24.5. The molecule has 0 spiro atoms. The fraction of sp³-hybridized carbons (Fsp3) is 0.0145. The molecule has 0 bridgehead atoms. The Morgan fingerprint density at radius 2 is 0.817 bits per heavy atom. The number of benzene rings is 12. The van der Waals surface area contributed by atoms with Gasteiger partial charge in [-0.3, -0.25) is 0 Å². The smallest absolute Gasteiger partial charge is 0.143 e. The number of para-hydroxylation sites is 1. The number of nitrogens with zero attached hydrogens (tertiary/aromatic N) is 1. The molecular formula is C69H45NO. The van der Waals surface area contributed by atoms with Gasteiger partial charge in [0.1, 0.15) is 11.2 Å². The molecule has 13 aromatic rings. The van der Waals surface area contributed by atoms with Crippen LogP contribution in [0.3, 0.4) is 0 Å². The summed E-state index contributed by atoms with van der Waals surface area (Å²) in [6, 6.07) is 99.9. The van der Waals surface area contributed by atoms with Crippen LogP contribution in [0.1, 0.15) is 22.3 Å². The Bertz CT molecular complexity index is 4110. The van der Waals surface area contributed by atoms with E-state index in [1.165, 1.54) is 66.1 Å². The van der Waals surface area contributed by atoms with Crippen LogP contribution >= 0.6 is 0 Å². The Hall–Kier alpha value is -9.24. The van der Waals surface area contributed by atoms with Gasteiger partial charge < -0.3 is 9.32 Å². The van der Waals surface area contributed by atoms with Gasteiger partial charge in [-0.1, -0.05) is 218 Å². The molecular weight excluding hydrogens is 859 g/mol. The van der Waals surface area contributed by atoms with E-state index in [1.54, 1.807) is 0 Å². The van der Waals surface area contributed by atoms with Gasteiger partial charge in [-0.25, -0.2) is 0 Å². The van der Waals surface area contributed by atoms with Crippen molar-refractivity contribution in [2.45, 2.75) is 5.41 Å². The van der Waals surface area contributed by atoms with Crippen LogP contribution in [0.2, 0.25) is 0 Å². The van der Waals surface area contributed by atoms with E-state index in [9.17, 15) is 0 Å². The molecule has 0 aliphatic heterocycles. The summed E-state index contributed by atoms with van der Waals surface area (Å²) in [5, 5.41) is 7.08. The van der Waals surface area contributed by atoms with Crippen molar-refractivity contribution < 1.29 is 4.42 Å². The SMILES string of the molecule is c1ccc(-c2cccc3c2oc2ccc(-c4ccc5cc(N(c6ccc(-c7cccc8ccccc78)cc6)c6ccc7c(c6)C(c6ccccc6)(c6ccccc6)c6ccccc6-7)ccc5c4)cc23)cc1. The molecule has 332 valence electrons. The standard InChI is InChI=1S/C69H45NO/c1-4-16-47(17-5-1)60-27-15-28-63-64-44-52(35-41-67(64)71-68(60)63)49-30-31-51-43-56(38-34-50(51)42-49)70(55-36-32-48(33-37-55)59-26-14-19-46-18-10-11-24-58(46)59)57-39-40-62-61-25-12-13-29-65(61)69(66(62)45-57,53-20-6-2-7-21-53)54-22-8-3-9-23-54/h1-45H. The molecule has 0 amide bonds. The van der Waals surface area contributed by atoms with E-state index >= 15 is 0 Å². The van der Waals surface area contributed by atoms with E-state index in [0.29, 0.717) is 0 Å². The van der Waals surface area contributed by atoms with Gasteiger partial charge in [0.05, 0.1) is 5.41 Å². The molecule has 0 radical (unpaired) electrons. The maximum Gasteiger partial charge on any atom is 0.143 e. The third kappa shape index (κ3) is 6.57. The van der Waals surface area contributed by atoms with Crippen LogP contribution in [0.15, 0.2) is 277 Å². The molecule has 1 heterocycles. The molecule has 0 atom stereocenters. The van der Waals surface area contributed by atoms with Crippen molar-refractivity contribution in [3.63, 3.8) is 0 Å². The highest BCUT2D eigenvalue weighted by Gasteiger charge is 2.46. The van der Waals surface area contributed by atoms with Crippen LogP contribution in [0.4, 0.5) is 17.1 Å². The van der Waals surface area contributed by atoms with Crippen molar-refractivity contribution in [3.8, 4) is 44.5 Å². The zero-order chi connectivity index (χ0) is 46.9. The average Bonchev–Trinajstić information content (AvgIpc) is 3.97. The average molecular weight is 904 g/mol. The van der Waals surface area contributed by atoms with E-state index in [1.807, 2.05) is 0 Å². The van der Waals surface area contributed by atoms with Crippen molar-refractivity contribution in [1.29, 1.82) is 0 Å². The normalized spacial score (nSPS) is 12.6. The lowest BCUT2D eigenvalue weighted by Gasteiger charge is -2.35. The number of rotatable bonds is 8. The minimum Gasteiger partial charge on any atom is -0.455 e. The monoisotopic (exact) mass is 903 g/mol. The van der Waals surface area contributed by atoms with Crippen LogP contribution in [0.5, 0.6) is 0 Å². The zero-order valence-electron chi connectivity index (χ0n) is 38.8. The van der Waals surface area contributed by atoms with Crippen LogP contribution in [-0.2, 0) is 5.41 Å². The fourth-order valence-corrected chi connectivity index (χ4v) is 11.7. The predicted molar refractivity (Wildman–Crippen MR) is 297 cm³/mol. The van der Waals surface area contributed by atoms with Gasteiger partial charge in [0.2, 0.25) is 0 Å². The Kier molecular flexibility index (Phi) is 9.47. The first-order valence-corrected chi connectivity index (χ1v) is 24.5. The van der Waals surface area contributed by atoms with Crippen LogP contribution in [-0.4, -0.2) is 0 Å². The second-order valence-electron chi connectivity index (χ2n) is 18.8. The predicted octanol–water partition coefficient (Wildman–Crippen LogP) is 18.7. The number of furan rings is 1. The molecule has 12 aromatic carbocycles. The highest BCUT2D eigenvalue weighted by molar-refractivity contribution is 6.11.